The molecule has 0 saturated heterocycles. The summed E-state index contributed by atoms with van der Waals surface area (Å²) >= 11 is 2.52. The van der Waals surface area contributed by atoms with E-state index in [1.807, 2.05) is 61.5 Å². The van der Waals surface area contributed by atoms with E-state index in [0.29, 0.717) is 16.0 Å². The van der Waals surface area contributed by atoms with Gasteiger partial charge in [-0.05, 0) is 24.1 Å². The molecule has 2 aromatic carbocycles. The van der Waals surface area contributed by atoms with Gasteiger partial charge >= 0.3 is 0 Å². The molecule has 3 aromatic rings. The number of hydrogen-bond acceptors (Lipinski definition) is 6. The molecule has 3 rings (SSSR count). The van der Waals surface area contributed by atoms with Gasteiger partial charge in [-0.1, -0.05) is 83.3 Å². The summed E-state index contributed by atoms with van der Waals surface area (Å²) in [5, 5.41) is 13.9. The van der Waals surface area contributed by atoms with E-state index in [-0.39, 0.29) is 17.6 Å². The van der Waals surface area contributed by atoms with Crippen LogP contribution in [0.15, 0.2) is 65.0 Å². The number of aryl methyl sites for hydroxylation is 1. The minimum atomic E-state index is -0.280. The summed E-state index contributed by atoms with van der Waals surface area (Å²) in [5.74, 6) is -0.123. The lowest BCUT2D eigenvalue weighted by molar-refractivity contribution is -0.118. The van der Waals surface area contributed by atoms with E-state index in [9.17, 15) is 9.59 Å². The topological polar surface area (TPSA) is 84.0 Å². The molecule has 0 unspecified atom stereocenters. The van der Waals surface area contributed by atoms with Crippen LogP contribution in [0.1, 0.15) is 16.7 Å². The molecule has 0 aliphatic heterocycles. The molecule has 148 valence electrons. The second-order valence-electron chi connectivity index (χ2n) is 6.16. The van der Waals surface area contributed by atoms with Crippen molar-refractivity contribution in [1.29, 1.82) is 0 Å². The van der Waals surface area contributed by atoms with Crippen molar-refractivity contribution in [3.8, 4) is 0 Å². The number of nitrogens with one attached hydrogen (secondary N) is 2. The van der Waals surface area contributed by atoms with Crippen molar-refractivity contribution in [2.45, 2.75) is 17.8 Å². The molecule has 2 N–H and O–H groups in total. The first-order chi connectivity index (χ1) is 14.1. The smallest absolute Gasteiger partial charge is 0.250 e. The summed E-state index contributed by atoms with van der Waals surface area (Å²) < 4.78 is 0.623. The van der Waals surface area contributed by atoms with E-state index >= 15 is 0 Å². The van der Waals surface area contributed by atoms with Gasteiger partial charge in [-0.15, -0.1) is 10.2 Å². The molecule has 1 heterocycles. The molecule has 0 radical (unpaired) electrons. The standard InChI is InChI=1S/C21H20N4O2S2/c1-15-7-9-17(10-8-15)13-22-19(27)14-28-21-25-24-20(29-21)23-18(26)12-11-16-5-3-2-4-6-16/h2-12H,13-14H2,1H3,(H,22,27)(H,23,24,26)/b12-11+. The number of anilines is 1. The first kappa shape index (κ1) is 20.8. The summed E-state index contributed by atoms with van der Waals surface area (Å²) in [5.41, 5.74) is 3.18. The van der Waals surface area contributed by atoms with Gasteiger partial charge < -0.3 is 5.32 Å². The molecule has 0 aliphatic rings. The lowest BCUT2D eigenvalue weighted by atomic mass is 10.1. The number of hydrogen-bond donors (Lipinski definition) is 2. The molecule has 29 heavy (non-hydrogen) atoms. The first-order valence-corrected chi connectivity index (χ1v) is 10.7. The Balaban J connectivity index is 1.41. The van der Waals surface area contributed by atoms with Crippen LogP contribution in [0.25, 0.3) is 6.08 Å². The maximum absolute atomic E-state index is 12.0. The van der Waals surface area contributed by atoms with Crippen LogP contribution in [-0.2, 0) is 16.1 Å². The lowest BCUT2D eigenvalue weighted by Crippen LogP contribution is -2.24. The van der Waals surface area contributed by atoms with Gasteiger partial charge in [0.15, 0.2) is 4.34 Å². The fraction of sp³-hybridized carbons (Fsp3) is 0.143. The van der Waals surface area contributed by atoms with Crippen molar-refractivity contribution >= 4 is 46.1 Å². The van der Waals surface area contributed by atoms with Crippen LogP contribution in [-0.4, -0.2) is 27.8 Å². The predicted molar refractivity (Wildman–Crippen MR) is 118 cm³/mol. The van der Waals surface area contributed by atoms with Gasteiger partial charge in [0.25, 0.3) is 0 Å². The summed E-state index contributed by atoms with van der Waals surface area (Å²) in [4.78, 5) is 24.0. The highest BCUT2D eigenvalue weighted by Crippen LogP contribution is 2.25. The van der Waals surface area contributed by atoms with E-state index in [1.165, 1.54) is 34.7 Å². The van der Waals surface area contributed by atoms with Crippen molar-refractivity contribution < 1.29 is 9.59 Å². The van der Waals surface area contributed by atoms with Gasteiger partial charge in [0.05, 0.1) is 5.75 Å². The summed E-state index contributed by atoms with van der Waals surface area (Å²) in [7, 11) is 0. The Hall–Kier alpha value is -2.97. The number of carbonyl (C=O) groups is 2. The van der Waals surface area contributed by atoms with Crippen molar-refractivity contribution in [2.75, 3.05) is 11.1 Å². The van der Waals surface area contributed by atoms with E-state index in [4.69, 9.17) is 0 Å². The molecule has 0 saturated carbocycles. The summed E-state index contributed by atoms with van der Waals surface area (Å²) in [6, 6.07) is 17.6. The summed E-state index contributed by atoms with van der Waals surface area (Å²) in [6.07, 6.45) is 3.17. The number of thioether (sulfide) groups is 1. The second-order valence-corrected chi connectivity index (χ2v) is 8.36. The molecule has 2 amide bonds. The van der Waals surface area contributed by atoms with Crippen molar-refractivity contribution in [3.63, 3.8) is 0 Å². The maximum atomic E-state index is 12.0. The molecular weight excluding hydrogens is 404 g/mol. The van der Waals surface area contributed by atoms with Crippen molar-refractivity contribution in [2.24, 2.45) is 0 Å². The zero-order valence-corrected chi connectivity index (χ0v) is 17.4. The van der Waals surface area contributed by atoms with Crippen LogP contribution in [0.5, 0.6) is 0 Å². The Morgan fingerprint density at radius 3 is 2.59 bits per heavy atom. The van der Waals surface area contributed by atoms with Crippen molar-refractivity contribution in [3.05, 3.63) is 77.4 Å². The predicted octanol–water partition coefficient (Wildman–Crippen LogP) is 3.91. The molecule has 1 aromatic heterocycles. The Kier molecular flexibility index (Phi) is 7.54. The molecule has 8 heteroatoms. The van der Waals surface area contributed by atoms with E-state index in [0.717, 1.165) is 11.1 Å². The maximum Gasteiger partial charge on any atom is 0.250 e. The fourth-order valence-corrected chi connectivity index (χ4v) is 3.87. The average molecular weight is 425 g/mol. The normalized spacial score (nSPS) is 10.8. The number of aromatic nitrogens is 2. The highest BCUT2D eigenvalue weighted by molar-refractivity contribution is 8.01. The van der Waals surface area contributed by atoms with Gasteiger partial charge in [-0.2, -0.15) is 0 Å². The number of nitrogens with zero attached hydrogens (tertiary/aromatic N) is 2. The zero-order chi connectivity index (χ0) is 20.5. The van der Waals surface area contributed by atoms with Crippen LogP contribution in [0.2, 0.25) is 0 Å². The zero-order valence-electron chi connectivity index (χ0n) is 15.8. The second kappa shape index (κ2) is 10.5. The SMILES string of the molecule is Cc1ccc(CNC(=O)CSc2nnc(NC(=O)/C=C/c3ccccc3)s2)cc1. The Labute approximate surface area is 177 Å². The number of rotatable bonds is 8. The molecule has 0 aliphatic carbocycles. The van der Waals surface area contributed by atoms with E-state index in [2.05, 4.69) is 20.8 Å². The van der Waals surface area contributed by atoms with Crippen LogP contribution in [0.4, 0.5) is 5.13 Å². The first-order valence-electron chi connectivity index (χ1n) is 8.91. The van der Waals surface area contributed by atoms with E-state index in [1.54, 1.807) is 6.08 Å². The Morgan fingerprint density at radius 2 is 1.83 bits per heavy atom. The van der Waals surface area contributed by atoms with Crippen LogP contribution >= 0.6 is 23.1 Å². The molecule has 0 bridgehead atoms. The molecular formula is C21H20N4O2S2. The van der Waals surface area contributed by atoms with Gasteiger partial charge in [0, 0.05) is 12.6 Å². The van der Waals surface area contributed by atoms with Gasteiger partial charge in [-0.25, -0.2) is 0 Å². The molecule has 0 atom stereocenters. The highest BCUT2D eigenvalue weighted by Gasteiger charge is 2.09. The fourth-order valence-electron chi connectivity index (χ4n) is 2.29. The summed E-state index contributed by atoms with van der Waals surface area (Å²) in [6.45, 7) is 2.52. The van der Waals surface area contributed by atoms with Crippen LogP contribution in [0, 0.1) is 6.92 Å². The van der Waals surface area contributed by atoms with Gasteiger partial charge in [0.2, 0.25) is 16.9 Å². The molecule has 0 fully saturated rings. The Bertz CT molecular complexity index is 985. The highest BCUT2D eigenvalue weighted by atomic mass is 32.2. The third-order valence-electron chi connectivity index (χ3n) is 3.80. The van der Waals surface area contributed by atoms with Crippen LogP contribution < -0.4 is 10.6 Å². The Morgan fingerprint density at radius 1 is 1.07 bits per heavy atom. The largest absolute Gasteiger partial charge is 0.351 e. The van der Waals surface area contributed by atoms with Crippen LogP contribution in [0.3, 0.4) is 0 Å². The number of carbonyl (C=O) groups excluding carboxylic acids is 2. The van der Waals surface area contributed by atoms with Gasteiger partial charge in [0.1, 0.15) is 0 Å². The third-order valence-corrected chi connectivity index (χ3v) is 5.77. The van der Waals surface area contributed by atoms with Gasteiger partial charge in [-0.3, -0.25) is 14.9 Å². The average Bonchev–Trinajstić information content (AvgIpc) is 3.18. The van der Waals surface area contributed by atoms with E-state index < -0.39 is 0 Å². The minimum Gasteiger partial charge on any atom is -0.351 e. The monoisotopic (exact) mass is 424 g/mol. The quantitative estimate of drug-likeness (QED) is 0.325. The lowest BCUT2D eigenvalue weighted by Gasteiger charge is -2.04. The minimum absolute atomic E-state index is 0.0813. The molecule has 0 spiro atoms. The van der Waals surface area contributed by atoms with Crippen molar-refractivity contribution in [1.82, 2.24) is 15.5 Å². The number of benzene rings is 2. The number of amides is 2. The molecule has 6 nitrogen and oxygen atoms in total. The third kappa shape index (κ3) is 7.17.